The highest BCUT2D eigenvalue weighted by Gasteiger charge is 2.37. The fourth-order valence-electron chi connectivity index (χ4n) is 2.29. The monoisotopic (exact) mass is 372 g/mol. The van der Waals surface area contributed by atoms with Crippen LogP contribution in [0.2, 0.25) is 0 Å². The van der Waals surface area contributed by atoms with Crippen LogP contribution in [-0.4, -0.2) is 84.3 Å². The first-order valence-corrected chi connectivity index (χ1v) is 7.14. The van der Waals surface area contributed by atoms with E-state index in [1.165, 1.54) is 0 Å². The Bertz CT molecular complexity index is 222. The molecule has 0 spiro atoms. The molecule has 126 valence electrons. The number of rotatable bonds is 9. The van der Waals surface area contributed by atoms with Crippen molar-refractivity contribution < 1.29 is 10.2 Å². The lowest BCUT2D eigenvalue weighted by atomic mass is 9.85. The lowest BCUT2D eigenvalue weighted by molar-refractivity contribution is 0.0128. The maximum Gasteiger partial charge on any atom is 0.0693 e. The van der Waals surface area contributed by atoms with E-state index in [4.69, 9.17) is 23.2 Å². The molecule has 0 radical (unpaired) electrons. The third kappa shape index (κ3) is 9.11. The van der Waals surface area contributed by atoms with Crippen molar-refractivity contribution in [3.8, 4) is 0 Å². The normalized spacial score (nSPS) is 17.1. The summed E-state index contributed by atoms with van der Waals surface area (Å²) in [5.74, 6) is 0.389. The van der Waals surface area contributed by atoms with Gasteiger partial charge in [-0.2, -0.15) is 0 Å². The van der Waals surface area contributed by atoms with Gasteiger partial charge in [0.05, 0.1) is 12.2 Å². The van der Waals surface area contributed by atoms with Crippen molar-refractivity contribution >= 4 is 48.0 Å². The van der Waals surface area contributed by atoms with Crippen molar-refractivity contribution in [2.24, 2.45) is 0 Å². The van der Waals surface area contributed by atoms with Crippen LogP contribution in [0, 0.1) is 0 Å². The Morgan fingerprint density at radius 2 is 1.25 bits per heavy atom. The zero-order valence-electron chi connectivity index (χ0n) is 12.6. The second kappa shape index (κ2) is 12.5. The minimum Gasteiger partial charge on any atom is -0.392 e. The maximum absolute atomic E-state index is 9.85. The Kier molecular flexibility index (Phi) is 16.2. The van der Waals surface area contributed by atoms with Gasteiger partial charge in [0.25, 0.3) is 0 Å². The predicted molar refractivity (Wildman–Crippen MR) is 92.2 cm³/mol. The molecule has 0 bridgehead atoms. The number of alkyl halides is 2. The van der Waals surface area contributed by atoms with E-state index < -0.39 is 12.2 Å². The van der Waals surface area contributed by atoms with Crippen LogP contribution in [-0.2, 0) is 0 Å². The first-order valence-electron chi connectivity index (χ1n) is 6.07. The standard InChI is InChI=1S/C12H26Cl2N2O2.2ClH/c1-15(2)9-12(16(3)4,5-10(17)7-13)6-11(18)8-14;;/h10-11,17-18H,5-9H2,1-4H3;2*1H. The Balaban J connectivity index is -0.00000144. The van der Waals surface area contributed by atoms with Gasteiger partial charge >= 0.3 is 0 Å². The van der Waals surface area contributed by atoms with Crippen LogP contribution in [0.4, 0.5) is 0 Å². The summed E-state index contributed by atoms with van der Waals surface area (Å²) in [5, 5.41) is 19.7. The summed E-state index contributed by atoms with van der Waals surface area (Å²) in [6.45, 7) is 0.724. The van der Waals surface area contributed by atoms with E-state index in [0.29, 0.717) is 12.8 Å². The van der Waals surface area contributed by atoms with Crippen LogP contribution in [0.5, 0.6) is 0 Å². The zero-order valence-corrected chi connectivity index (χ0v) is 15.7. The van der Waals surface area contributed by atoms with Crippen LogP contribution >= 0.6 is 48.0 Å². The number of hydrogen-bond donors (Lipinski definition) is 2. The number of nitrogens with zero attached hydrogens (tertiary/aromatic N) is 2. The molecule has 0 aliphatic rings. The lowest BCUT2D eigenvalue weighted by Crippen LogP contribution is -2.55. The largest absolute Gasteiger partial charge is 0.392 e. The van der Waals surface area contributed by atoms with Crippen LogP contribution in [0.3, 0.4) is 0 Å². The predicted octanol–water partition coefficient (Wildman–Crippen LogP) is 1.67. The van der Waals surface area contributed by atoms with E-state index >= 15 is 0 Å². The molecule has 20 heavy (non-hydrogen) atoms. The van der Waals surface area contributed by atoms with E-state index in [9.17, 15) is 10.2 Å². The summed E-state index contributed by atoms with van der Waals surface area (Å²) in [6, 6.07) is 0. The van der Waals surface area contributed by atoms with Crippen LogP contribution in [0.1, 0.15) is 12.8 Å². The van der Waals surface area contributed by atoms with Gasteiger partial charge in [-0.3, -0.25) is 0 Å². The molecule has 0 saturated carbocycles. The second-order valence-electron chi connectivity index (χ2n) is 5.38. The van der Waals surface area contributed by atoms with Gasteiger partial charge in [0.15, 0.2) is 0 Å². The number of halogens is 4. The Labute approximate surface area is 145 Å². The quantitative estimate of drug-likeness (QED) is 0.603. The molecule has 0 amide bonds. The first kappa shape index (κ1) is 25.9. The maximum atomic E-state index is 9.85. The molecule has 0 aromatic carbocycles. The van der Waals surface area contributed by atoms with Crippen LogP contribution < -0.4 is 0 Å². The van der Waals surface area contributed by atoms with Gasteiger partial charge in [0.1, 0.15) is 0 Å². The van der Waals surface area contributed by atoms with E-state index in [-0.39, 0.29) is 42.1 Å². The average Bonchev–Trinajstić information content (AvgIpc) is 2.27. The SMILES string of the molecule is CN(C)CC(CC(O)CCl)(CC(O)CCl)N(C)C.Cl.Cl. The summed E-state index contributed by atoms with van der Waals surface area (Å²) in [4.78, 5) is 4.08. The average molecular weight is 374 g/mol. The molecule has 0 rings (SSSR count). The van der Waals surface area contributed by atoms with Gasteiger partial charge in [-0.1, -0.05) is 0 Å². The summed E-state index contributed by atoms with van der Waals surface area (Å²) in [6.07, 6.45) is -0.154. The van der Waals surface area contributed by atoms with E-state index in [1.807, 2.05) is 38.0 Å². The highest BCUT2D eigenvalue weighted by Crippen LogP contribution is 2.27. The molecule has 8 heteroatoms. The molecule has 0 fully saturated rings. The van der Waals surface area contributed by atoms with Gasteiger partial charge in [-0.05, 0) is 41.0 Å². The lowest BCUT2D eigenvalue weighted by Gasteiger charge is -2.44. The van der Waals surface area contributed by atoms with Crippen molar-refractivity contribution in [1.82, 2.24) is 9.80 Å². The Hall–Kier alpha value is 1.00. The van der Waals surface area contributed by atoms with E-state index in [1.54, 1.807) is 0 Å². The molecular weight excluding hydrogens is 346 g/mol. The number of hydrogen-bond acceptors (Lipinski definition) is 4. The molecule has 0 saturated heterocycles. The van der Waals surface area contributed by atoms with Crippen molar-refractivity contribution in [2.75, 3.05) is 46.5 Å². The van der Waals surface area contributed by atoms with Gasteiger partial charge in [0.2, 0.25) is 0 Å². The number of aliphatic hydroxyl groups is 2. The molecule has 0 aromatic rings. The van der Waals surface area contributed by atoms with Gasteiger partial charge in [-0.25, -0.2) is 0 Å². The summed E-state index contributed by atoms with van der Waals surface area (Å²) >= 11 is 11.4. The molecular formula is C12H28Cl4N2O2. The Morgan fingerprint density at radius 3 is 1.45 bits per heavy atom. The molecule has 0 aromatic heterocycles. The topological polar surface area (TPSA) is 46.9 Å². The van der Waals surface area contributed by atoms with Gasteiger partial charge < -0.3 is 20.0 Å². The zero-order chi connectivity index (χ0) is 14.3. The molecule has 2 N–H and O–H groups in total. The highest BCUT2D eigenvalue weighted by molar-refractivity contribution is 6.18. The second-order valence-corrected chi connectivity index (χ2v) is 6.00. The third-order valence-corrected chi connectivity index (χ3v) is 3.86. The van der Waals surface area contributed by atoms with Crippen molar-refractivity contribution in [3.05, 3.63) is 0 Å². The van der Waals surface area contributed by atoms with Crippen LogP contribution in [0.15, 0.2) is 0 Å². The highest BCUT2D eigenvalue weighted by atomic mass is 35.5. The van der Waals surface area contributed by atoms with Crippen LogP contribution in [0.25, 0.3) is 0 Å². The fraction of sp³-hybridized carbons (Fsp3) is 1.00. The van der Waals surface area contributed by atoms with E-state index in [0.717, 1.165) is 6.54 Å². The third-order valence-electron chi connectivity index (χ3n) is 3.15. The molecule has 0 aliphatic heterocycles. The van der Waals surface area contributed by atoms with Crippen molar-refractivity contribution in [1.29, 1.82) is 0 Å². The fourth-order valence-corrected chi connectivity index (χ4v) is 2.51. The molecule has 2 atom stereocenters. The molecule has 4 nitrogen and oxygen atoms in total. The number of likely N-dealkylation sites (N-methyl/N-ethyl adjacent to an activating group) is 2. The minimum absolute atomic E-state index is 0. The summed E-state index contributed by atoms with van der Waals surface area (Å²) in [5.41, 5.74) is -0.341. The summed E-state index contributed by atoms with van der Waals surface area (Å²) < 4.78 is 0. The van der Waals surface area contributed by atoms with Gasteiger partial charge in [0, 0.05) is 23.8 Å². The molecule has 0 heterocycles. The summed E-state index contributed by atoms with van der Waals surface area (Å²) in [7, 11) is 7.84. The minimum atomic E-state index is -0.587. The number of aliphatic hydroxyl groups excluding tert-OH is 2. The van der Waals surface area contributed by atoms with E-state index in [2.05, 4.69) is 0 Å². The Morgan fingerprint density at radius 1 is 0.900 bits per heavy atom. The van der Waals surface area contributed by atoms with Gasteiger partial charge in [-0.15, -0.1) is 48.0 Å². The molecule has 2 unspecified atom stereocenters. The smallest absolute Gasteiger partial charge is 0.0693 e. The van der Waals surface area contributed by atoms with Crippen molar-refractivity contribution in [3.63, 3.8) is 0 Å². The first-order chi connectivity index (χ1) is 8.27. The molecule has 0 aliphatic carbocycles. The van der Waals surface area contributed by atoms with Crippen molar-refractivity contribution in [2.45, 2.75) is 30.6 Å².